The van der Waals surface area contributed by atoms with Crippen molar-refractivity contribution >= 4 is 17.6 Å². The van der Waals surface area contributed by atoms with Crippen LogP contribution in [0.15, 0.2) is 53.1 Å². The Kier molecular flexibility index (Phi) is 4.25. The minimum atomic E-state index is -1.07. The molecule has 0 bridgehead atoms. The molecule has 0 saturated carbocycles. The molecule has 3 rings (SSSR count). The molecule has 6 nitrogen and oxygen atoms in total. The van der Waals surface area contributed by atoms with Crippen LogP contribution in [0.5, 0.6) is 5.75 Å². The number of carboxylic acid groups (broad SMARTS) is 1. The first-order valence-corrected chi connectivity index (χ1v) is 7.05. The Bertz CT molecular complexity index is 847. The number of aromatic nitrogens is 2. The molecule has 1 heterocycles. The van der Waals surface area contributed by atoms with Crippen LogP contribution >= 0.6 is 11.6 Å². The lowest BCUT2D eigenvalue weighted by atomic mass is 10.2. The Morgan fingerprint density at radius 3 is 2.57 bits per heavy atom. The number of carbonyl (C=O) groups is 1. The maximum absolute atomic E-state index is 10.7. The van der Waals surface area contributed by atoms with Gasteiger partial charge in [0.2, 0.25) is 5.82 Å². The summed E-state index contributed by atoms with van der Waals surface area (Å²) in [4.78, 5) is 15.0. The van der Waals surface area contributed by atoms with Crippen LogP contribution in [0.2, 0.25) is 5.02 Å². The number of halogens is 1. The first kappa shape index (κ1) is 15.1. The van der Waals surface area contributed by atoms with Crippen molar-refractivity contribution in [3.63, 3.8) is 0 Å². The third-order valence-corrected chi connectivity index (χ3v) is 3.34. The molecule has 0 atom stereocenters. The van der Waals surface area contributed by atoms with Gasteiger partial charge in [-0.2, -0.15) is 4.98 Å². The topological polar surface area (TPSA) is 85.5 Å². The number of aliphatic carboxylic acids is 1. The second kappa shape index (κ2) is 6.50. The highest BCUT2D eigenvalue weighted by Crippen LogP contribution is 2.31. The van der Waals surface area contributed by atoms with Crippen molar-refractivity contribution in [1.82, 2.24) is 10.1 Å². The number of rotatable bonds is 5. The summed E-state index contributed by atoms with van der Waals surface area (Å²) >= 11 is 6.11. The summed E-state index contributed by atoms with van der Waals surface area (Å²) in [6.07, 6.45) is 0. The Balaban J connectivity index is 1.95. The summed E-state index contributed by atoms with van der Waals surface area (Å²) in [5, 5.41) is 13.1. The quantitative estimate of drug-likeness (QED) is 0.770. The SMILES string of the molecule is O=C(O)COc1ccccc1-c1noc(-c2ccccc2Cl)n1. The third-order valence-electron chi connectivity index (χ3n) is 3.01. The van der Waals surface area contributed by atoms with Crippen molar-refractivity contribution < 1.29 is 19.2 Å². The van der Waals surface area contributed by atoms with Gasteiger partial charge in [-0.15, -0.1) is 0 Å². The highest BCUT2D eigenvalue weighted by Gasteiger charge is 2.16. The molecule has 1 N–H and O–H groups in total. The summed E-state index contributed by atoms with van der Waals surface area (Å²) < 4.78 is 10.5. The van der Waals surface area contributed by atoms with E-state index in [0.717, 1.165) is 0 Å². The molecule has 0 spiro atoms. The Labute approximate surface area is 136 Å². The van der Waals surface area contributed by atoms with E-state index < -0.39 is 12.6 Å². The zero-order chi connectivity index (χ0) is 16.2. The Hall–Kier alpha value is -2.86. The minimum Gasteiger partial charge on any atom is -0.481 e. The van der Waals surface area contributed by atoms with Gasteiger partial charge >= 0.3 is 5.97 Å². The van der Waals surface area contributed by atoms with Crippen LogP contribution in [0.3, 0.4) is 0 Å². The number of hydrogen-bond donors (Lipinski definition) is 1. The highest BCUT2D eigenvalue weighted by molar-refractivity contribution is 6.33. The van der Waals surface area contributed by atoms with Gasteiger partial charge in [0.05, 0.1) is 16.1 Å². The highest BCUT2D eigenvalue weighted by atomic mass is 35.5. The van der Waals surface area contributed by atoms with Crippen LogP contribution in [0, 0.1) is 0 Å². The molecule has 2 aromatic carbocycles. The maximum atomic E-state index is 10.7. The van der Waals surface area contributed by atoms with Crippen LogP contribution in [0.25, 0.3) is 22.8 Å². The normalized spacial score (nSPS) is 10.5. The molecule has 0 radical (unpaired) electrons. The molecule has 0 aliphatic carbocycles. The van der Waals surface area contributed by atoms with E-state index in [2.05, 4.69) is 10.1 Å². The molecule has 7 heteroatoms. The van der Waals surface area contributed by atoms with E-state index in [9.17, 15) is 4.79 Å². The number of benzene rings is 2. The lowest BCUT2D eigenvalue weighted by Gasteiger charge is -2.06. The van der Waals surface area contributed by atoms with Crippen molar-refractivity contribution in [1.29, 1.82) is 0 Å². The molecule has 1 aromatic heterocycles. The fraction of sp³-hybridized carbons (Fsp3) is 0.0625. The molecule has 0 aliphatic rings. The fourth-order valence-corrected chi connectivity index (χ4v) is 2.21. The molecular formula is C16H11ClN2O4. The third kappa shape index (κ3) is 3.32. The van der Waals surface area contributed by atoms with Crippen molar-refractivity contribution in [2.24, 2.45) is 0 Å². The molecule has 0 fully saturated rings. The molecule has 23 heavy (non-hydrogen) atoms. The monoisotopic (exact) mass is 330 g/mol. The van der Waals surface area contributed by atoms with Crippen molar-refractivity contribution in [2.75, 3.05) is 6.61 Å². The maximum Gasteiger partial charge on any atom is 0.341 e. The summed E-state index contributed by atoms with van der Waals surface area (Å²) in [5.74, 6) is -0.134. The number of hydrogen-bond acceptors (Lipinski definition) is 5. The van der Waals surface area contributed by atoms with Crippen molar-refractivity contribution in [2.45, 2.75) is 0 Å². The molecule has 3 aromatic rings. The summed E-state index contributed by atoms with van der Waals surface area (Å²) in [7, 11) is 0. The van der Waals surface area contributed by atoms with Crippen LogP contribution in [0.1, 0.15) is 0 Å². The average Bonchev–Trinajstić information content (AvgIpc) is 3.03. The van der Waals surface area contributed by atoms with E-state index in [1.165, 1.54) is 0 Å². The Morgan fingerprint density at radius 1 is 1.13 bits per heavy atom. The van der Waals surface area contributed by atoms with Gasteiger partial charge in [-0.3, -0.25) is 0 Å². The van der Waals surface area contributed by atoms with E-state index in [-0.39, 0.29) is 5.89 Å². The van der Waals surface area contributed by atoms with E-state index in [1.54, 1.807) is 42.5 Å². The first-order chi connectivity index (χ1) is 11.1. The van der Waals surface area contributed by atoms with Crippen LogP contribution in [-0.4, -0.2) is 27.8 Å². The van der Waals surface area contributed by atoms with Gasteiger partial charge in [-0.25, -0.2) is 4.79 Å². The van der Waals surface area contributed by atoms with Gasteiger partial charge in [0.1, 0.15) is 5.75 Å². The summed E-state index contributed by atoms with van der Waals surface area (Å²) in [5.41, 5.74) is 1.16. The fourth-order valence-electron chi connectivity index (χ4n) is 1.99. The van der Waals surface area contributed by atoms with Gasteiger partial charge in [-0.1, -0.05) is 41.0 Å². The van der Waals surface area contributed by atoms with Crippen LogP contribution in [-0.2, 0) is 4.79 Å². The summed E-state index contributed by atoms with van der Waals surface area (Å²) in [6, 6.07) is 14.0. The minimum absolute atomic E-state index is 0.277. The lowest BCUT2D eigenvalue weighted by molar-refractivity contribution is -0.139. The second-order valence-corrected chi connectivity index (χ2v) is 4.99. The first-order valence-electron chi connectivity index (χ1n) is 6.68. The van der Waals surface area contributed by atoms with Crippen molar-refractivity contribution in [3.05, 3.63) is 53.6 Å². The number of ether oxygens (including phenoxy) is 1. The van der Waals surface area contributed by atoms with Gasteiger partial charge < -0.3 is 14.4 Å². The van der Waals surface area contributed by atoms with E-state index in [4.69, 9.17) is 26.0 Å². The molecule has 116 valence electrons. The zero-order valence-electron chi connectivity index (χ0n) is 11.8. The van der Waals surface area contributed by atoms with Gasteiger partial charge in [-0.05, 0) is 24.3 Å². The van der Waals surface area contributed by atoms with Crippen LogP contribution in [0.4, 0.5) is 0 Å². The predicted octanol–water partition coefficient (Wildman–Crippen LogP) is 3.52. The second-order valence-electron chi connectivity index (χ2n) is 4.58. The molecule has 0 unspecified atom stereocenters. The molecule has 0 amide bonds. The van der Waals surface area contributed by atoms with E-state index in [0.29, 0.717) is 27.7 Å². The van der Waals surface area contributed by atoms with Gasteiger partial charge in [0.15, 0.2) is 6.61 Å². The van der Waals surface area contributed by atoms with Gasteiger partial charge in [0, 0.05) is 0 Å². The number of carboxylic acids is 1. The lowest BCUT2D eigenvalue weighted by Crippen LogP contribution is -2.10. The summed E-state index contributed by atoms with van der Waals surface area (Å²) in [6.45, 7) is -0.452. The van der Waals surface area contributed by atoms with E-state index >= 15 is 0 Å². The Morgan fingerprint density at radius 2 is 1.83 bits per heavy atom. The predicted molar refractivity (Wildman–Crippen MR) is 83.3 cm³/mol. The largest absolute Gasteiger partial charge is 0.481 e. The standard InChI is InChI=1S/C16H11ClN2O4/c17-12-7-3-1-5-10(12)16-18-15(19-23-16)11-6-2-4-8-13(11)22-9-14(20)21/h1-8H,9H2,(H,20,21). The average molecular weight is 331 g/mol. The van der Waals surface area contributed by atoms with Crippen LogP contribution < -0.4 is 4.74 Å². The number of nitrogens with zero attached hydrogens (tertiary/aromatic N) is 2. The van der Waals surface area contributed by atoms with E-state index in [1.807, 2.05) is 6.07 Å². The van der Waals surface area contributed by atoms with Crippen molar-refractivity contribution in [3.8, 4) is 28.6 Å². The smallest absolute Gasteiger partial charge is 0.341 e. The number of para-hydroxylation sites is 1. The zero-order valence-corrected chi connectivity index (χ0v) is 12.5. The van der Waals surface area contributed by atoms with Gasteiger partial charge in [0.25, 0.3) is 5.89 Å². The molecule has 0 saturated heterocycles. The molecular weight excluding hydrogens is 320 g/mol. The molecule has 0 aliphatic heterocycles.